The van der Waals surface area contributed by atoms with E-state index < -0.39 is 5.60 Å². The first kappa shape index (κ1) is 16.8. The molecule has 0 aromatic rings. The summed E-state index contributed by atoms with van der Waals surface area (Å²) >= 11 is 0. The van der Waals surface area contributed by atoms with Gasteiger partial charge in [0.05, 0.1) is 5.60 Å². The van der Waals surface area contributed by atoms with Crippen molar-refractivity contribution in [1.29, 1.82) is 0 Å². The van der Waals surface area contributed by atoms with Crippen LogP contribution in [0.5, 0.6) is 0 Å². The highest BCUT2D eigenvalue weighted by Gasteiger charge is 2.63. The molecule has 8 atom stereocenters. The molecule has 24 heavy (non-hydrogen) atoms. The Labute approximate surface area is 145 Å². The smallest absolute Gasteiger partial charge is 0.218 e. The van der Waals surface area contributed by atoms with Gasteiger partial charge in [-0.2, -0.15) is 0 Å². The van der Waals surface area contributed by atoms with Crippen LogP contribution in [0.1, 0.15) is 78.6 Å². The Balaban J connectivity index is 1.61. The van der Waals surface area contributed by atoms with Gasteiger partial charge in [-0.25, -0.2) is 0 Å². The average molecular weight is 335 g/mol. The van der Waals surface area contributed by atoms with Crippen LogP contribution in [0.15, 0.2) is 0 Å². The van der Waals surface area contributed by atoms with Gasteiger partial charge in [0.15, 0.2) is 0 Å². The summed E-state index contributed by atoms with van der Waals surface area (Å²) < 4.78 is 0. The molecule has 0 aromatic carbocycles. The predicted octanol–water partition coefficient (Wildman–Crippen LogP) is 4.43. The van der Waals surface area contributed by atoms with Crippen LogP contribution >= 0.6 is 0 Å². The van der Waals surface area contributed by atoms with Gasteiger partial charge >= 0.3 is 0 Å². The summed E-state index contributed by atoms with van der Waals surface area (Å²) in [5.41, 5.74) is -0.211. The highest BCUT2D eigenvalue weighted by atomic mass is 16.6. The van der Waals surface area contributed by atoms with Gasteiger partial charge in [0.25, 0.3) is 0 Å². The zero-order valence-electron chi connectivity index (χ0n) is 15.5. The third-order valence-electron chi connectivity index (χ3n) is 9.16. The largest absolute Gasteiger partial charge is 0.390 e. The molecule has 4 rings (SSSR count). The zero-order chi connectivity index (χ0) is 17.3. The Kier molecular flexibility index (Phi) is 3.63. The van der Waals surface area contributed by atoms with E-state index in [1.54, 1.807) is 0 Å². The zero-order valence-corrected chi connectivity index (χ0v) is 15.5. The van der Waals surface area contributed by atoms with E-state index in [9.17, 15) is 15.2 Å². The average Bonchev–Trinajstić information content (AvgIpc) is 2.85. The van der Waals surface area contributed by atoms with Crippen molar-refractivity contribution in [1.82, 2.24) is 0 Å². The third kappa shape index (κ3) is 2.21. The van der Waals surface area contributed by atoms with Crippen molar-refractivity contribution in [3.8, 4) is 0 Å². The van der Waals surface area contributed by atoms with E-state index in [2.05, 4.69) is 13.8 Å². The maximum atomic E-state index is 11.6. The van der Waals surface area contributed by atoms with Crippen LogP contribution in [-0.2, 0) is 0 Å². The molecule has 0 aliphatic heterocycles. The molecule has 3 unspecified atom stereocenters. The molecule has 4 aliphatic carbocycles. The summed E-state index contributed by atoms with van der Waals surface area (Å²) in [6.45, 7) is 6.70. The fourth-order valence-corrected chi connectivity index (χ4v) is 7.75. The van der Waals surface area contributed by atoms with Crippen LogP contribution in [0.3, 0.4) is 0 Å². The number of rotatable bonds is 1. The molecule has 0 bridgehead atoms. The lowest BCUT2D eigenvalue weighted by atomic mass is 9.44. The third-order valence-corrected chi connectivity index (χ3v) is 9.16. The summed E-state index contributed by atoms with van der Waals surface area (Å²) in [5, 5.41) is 22.1. The normalized spacial score (nSPS) is 56.9. The Hall–Kier alpha value is -0.640. The molecule has 4 nitrogen and oxygen atoms in total. The summed E-state index contributed by atoms with van der Waals surface area (Å²) in [6, 6.07) is -0.318. The molecule has 0 aromatic heterocycles. The van der Waals surface area contributed by atoms with Gasteiger partial charge in [0.1, 0.15) is 0 Å². The molecular formula is C20H33NO3. The van der Waals surface area contributed by atoms with Crippen molar-refractivity contribution in [2.24, 2.45) is 34.5 Å². The standard InChI is InChI=1S/C20H33NO3/c1-18(22)10-11-19(2)13(12-18)4-5-14-15-6-7-17(21(23)24)20(15,3)9-8-16(14)19/h13-17,22H,4-12H2,1-3H3/t13?,14-,15-,16+,17?,18?,19-,20-/m0/s1. The van der Waals surface area contributed by atoms with Gasteiger partial charge in [-0.05, 0) is 87.4 Å². The molecule has 4 aliphatic rings. The van der Waals surface area contributed by atoms with Crippen LogP contribution in [0, 0.1) is 44.6 Å². The summed E-state index contributed by atoms with van der Waals surface area (Å²) in [5.74, 6) is 2.58. The minimum atomic E-state index is -0.482. The van der Waals surface area contributed by atoms with E-state index in [4.69, 9.17) is 0 Å². The molecule has 4 saturated carbocycles. The molecule has 4 heteroatoms. The summed E-state index contributed by atoms with van der Waals surface area (Å²) in [4.78, 5) is 11.6. The van der Waals surface area contributed by atoms with E-state index in [0.29, 0.717) is 23.2 Å². The van der Waals surface area contributed by atoms with Crippen molar-refractivity contribution in [2.45, 2.75) is 90.2 Å². The summed E-state index contributed by atoms with van der Waals surface area (Å²) in [6.07, 6.45) is 9.48. The van der Waals surface area contributed by atoms with Gasteiger partial charge in [0.2, 0.25) is 6.04 Å². The van der Waals surface area contributed by atoms with Crippen molar-refractivity contribution < 1.29 is 10.0 Å². The van der Waals surface area contributed by atoms with Crippen molar-refractivity contribution in [3.63, 3.8) is 0 Å². The number of fused-ring (bicyclic) bond motifs is 5. The fourth-order valence-electron chi connectivity index (χ4n) is 7.75. The fraction of sp³-hybridized carbons (Fsp3) is 1.00. The molecule has 0 amide bonds. The van der Waals surface area contributed by atoms with E-state index >= 15 is 0 Å². The van der Waals surface area contributed by atoms with E-state index in [1.165, 1.54) is 12.8 Å². The van der Waals surface area contributed by atoms with Crippen molar-refractivity contribution in [2.75, 3.05) is 0 Å². The van der Waals surface area contributed by atoms with Crippen LogP contribution in [0.2, 0.25) is 0 Å². The number of aliphatic hydroxyl groups is 1. The quantitative estimate of drug-likeness (QED) is 0.569. The molecule has 0 radical (unpaired) electrons. The minimum absolute atomic E-state index is 0.0193. The first-order chi connectivity index (χ1) is 11.2. The lowest BCUT2D eigenvalue weighted by molar-refractivity contribution is -0.540. The number of hydrogen-bond donors (Lipinski definition) is 1. The number of nitro groups is 1. The highest BCUT2D eigenvalue weighted by molar-refractivity contribution is 5.10. The summed E-state index contributed by atoms with van der Waals surface area (Å²) in [7, 11) is 0. The Morgan fingerprint density at radius 3 is 2.33 bits per heavy atom. The lowest BCUT2D eigenvalue weighted by Gasteiger charge is -2.61. The second kappa shape index (κ2) is 5.18. The Morgan fingerprint density at radius 2 is 1.62 bits per heavy atom. The highest BCUT2D eigenvalue weighted by Crippen LogP contribution is 2.67. The molecular weight excluding hydrogens is 302 g/mol. The number of hydrogen-bond acceptors (Lipinski definition) is 3. The first-order valence-electron chi connectivity index (χ1n) is 10.0. The monoisotopic (exact) mass is 335 g/mol. The van der Waals surface area contributed by atoms with Gasteiger partial charge in [-0.15, -0.1) is 0 Å². The van der Waals surface area contributed by atoms with E-state index in [1.807, 2.05) is 6.92 Å². The van der Waals surface area contributed by atoms with Gasteiger partial charge in [-0.3, -0.25) is 10.1 Å². The van der Waals surface area contributed by atoms with Crippen LogP contribution in [0.4, 0.5) is 0 Å². The van der Waals surface area contributed by atoms with Gasteiger partial charge < -0.3 is 5.11 Å². The van der Waals surface area contributed by atoms with Crippen molar-refractivity contribution in [3.05, 3.63) is 10.1 Å². The van der Waals surface area contributed by atoms with Crippen LogP contribution < -0.4 is 0 Å². The maximum Gasteiger partial charge on any atom is 0.218 e. The first-order valence-corrected chi connectivity index (χ1v) is 10.0. The Bertz CT molecular complexity index is 547. The van der Waals surface area contributed by atoms with E-state index in [0.717, 1.165) is 50.9 Å². The second-order valence-corrected chi connectivity index (χ2v) is 10.3. The molecule has 0 spiro atoms. The van der Waals surface area contributed by atoms with Gasteiger partial charge in [-0.1, -0.05) is 13.8 Å². The number of nitrogens with zero attached hydrogens (tertiary/aromatic N) is 1. The van der Waals surface area contributed by atoms with Crippen LogP contribution in [0.25, 0.3) is 0 Å². The lowest BCUT2D eigenvalue weighted by Crippen LogP contribution is -2.56. The molecule has 1 N–H and O–H groups in total. The van der Waals surface area contributed by atoms with Crippen molar-refractivity contribution >= 4 is 0 Å². The molecule has 4 fully saturated rings. The second-order valence-electron chi connectivity index (χ2n) is 10.3. The van der Waals surface area contributed by atoms with Gasteiger partial charge in [0, 0.05) is 16.8 Å². The topological polar surface area (TPSA) is 63.4 Å². The molecule has 136 valence electrons. The molecule has 0 saturated heterocycles. The minimum Gasteiger partial charge on any atom is -0.390 e. The molecule has 0 heterocycles. The Morgan fingerprint density at radius 1 is 0.917 bits per heavy atom. The van der Waals surface area contributed by atoms with E-state index in [-0.39, 0.29) is 16.4 Å². The maximum absolute atomic E-state index is 11.6. The SMILES string of the molecule is CC1(O)CC[C@@]2(C)C(CC[C@@H]3[C@H]2CC[C@]2(C)C([N+](=O)[O-])CC[C@@H]32)C1. The predicted molar refractivity (Wildman–Crippen MR) is 93.1 cm³/mol. The van der Waals surface area contributed by atoms with Crippen LogP contribution in [-0.4, -0.2) is 21.7 Å².